The molecule has 0 unspecified atom stereocenters. The standard InChI is InChI=1S/C23H20O2/c1-25-23-16-12-21(13-17-23)9-7-19-4-2-18(3-5-19)6-8-20-10-14-22(24)15-11-20/h2-17,24H,1H3/b8-6+,9-7+. The number of benzene rings is 3. The second-order valence-electron chi connectivity index (χ2n) is 5.70. The molecule has 3 rings (SSSR count). The molecule has 25 heavy (non-hydrogen) atoms. The lowest BCUT2D eigenvalue weighted by Gasteiger charge is -2.00. The number of hydrogen-bond acceptors (Lipinski definition) is 2. The maximum Gasteiger partial charge on any atom is 0.118 e. The van der Waals surface area contributed by atoms with Crippen LogP contribution >= 0.6 is 0 Å². The summed E-state index contributed by atoms with van der Waals surface area (Å²) in [5.74, 6) is 1.15. The maximum absolute atomic E-state index is 9.29. The molecule has 0 radical (unpaired) electrons. The Labute approximate surface area is 148 Å². The molecule has 0 amide bonds. The molecule has 1 N–H and O–H groups in total. The van der Waals surface area contributed by atoms with Crippen LogP contribution in [0.1, 0.15) is 22.3 Å². The summed E-state index contributed by atoms with van der Waals surface area (Å²) < 4.78 is 5.16. The monoisotopic (exact) mass is 328 g/mol. The van der Waals surface area contributed by atoms with Crippen LogP contribution < -0.4 is 4.74 Å². The molecule has 0 spiro atoms. The lowest BCUT2D eigenvalue weighted by molar-refractivity contribution is 0.415. The molecule has 0 aromatic heterocycles. The first-order valence-corrected chi connectivity index (χ1v) is 8.12. The van der Waals surface area contributed by atoms with Gasteiger partial charge in [-0.3, -0.25) is 0 Å². The van der Waals surface area contributed by atoms with Gasteiger partial charge in [0.15, 0.2) is 0 Å². The SMILES string of the molecule is COc1ccc(/C=C/c2ccc(/C=C/c3ccc(O)cc3)cc2)cc1. The van der Waals surface area contributed by atoms with Crippen molar-refractivity contribution in [3.05, 3.63) is 95.1 Å². The van der Waals surface area contributed by atoms with Crippen LogP contribution in [0.4, 0.5) is 0 Å². The van der Waals surface area contributed by atoms with Crippen LogP contribution in [0.3, 0.4) is 0 Å². The van der Waals surface area contributed by atoms with Crippen LogP contribution in [0.5, 0.6) is 11.5 Å². The van der Waals surface area contributed by atoms with Crippen LogP contribution in [-0.2, 0) is 0 Å². The molecule has 0 atom stereocenters. The number of hydrogen-bond donors (Lipinski definition) is 1. The summed E-state index contributed by atoms with van der Waals surface area (Å²) in [6, 6.07) is 23.5. The van der Waals surface area contributed by atoms with Gasteiger partial charge in [-0.05, 0) is 46.5 Å². The molecule has 3 aromatic rings. The number of ether oxygens (including phenoxy) is 1. The van der Waals surface area contributed by atoms with E-state index in [9.17, 15) is 5.11 Å². The maximum atomic E-state index is 9.29. The van der Waals surface area contributed by atoms with Gasteiger partial charge in [-0.15, -0.1) is 0 Å². The van der Waals surface area contributed by atoms with E-state index in [2.05, 4.69) is 42.5 Å². The van der Waals surface area contributed by atoms with Crippen molar-refractivity contribution < 1.29 is 9.84 Å². The fourth-order valence-electron chi connectivity index (χ4n) is 2.40. The minimum absolute atomic E-state index is 0.283. The largest absolute Gasteiger partial charge is 0.508 e. The van der Waals surface area contributed by atoms with Gasteiger partial charge in [-0.25, -0.2) is 0 Å². The van der Waals surface area contributed by atoms with Crippen molar-refractivity contribution in [1.82, 2.24) is 0 Å². The van der Waals surface area contributed by atoms with Gasteiger partial charge >= 0.3 is 0 Å². The first-order valence-electron chi connectivity index (χ1n) is 8.12. The van der Waals surface area contributed by atoms with E-state index in [4.69, 9.17) is 4.74 Å². The van der Waals surface area contributed by atoms with Gasteiger partial charge in [0.1, 0.15) is 11.5 Å². The Morgan fingerprint density at radius 1 is 0.560 bits per heavy atom. The summed E-state index contributed by atoms with van der Waals surface area (Å²) in [6.45, 7) is 0. The van der Waals surface area contributed by atoms with Crippen molar-refractivity contribution >= 4 is 24.3 Å². The predicted molar refractivity (Wildman–Crippen MR) is 105 cm³/mol. The van der Waals surface area contributed by atoms with Crippen LogP contribution in [0, 0.1) is 0 Å². The Balaban J connectivity index is 1.65. The molecule has 0 bridgehead atoms. The molecule has 0 heterocycles. The summed E-state index contributed by atoms with van der Waals surface area (Å²) in [5.41, 5.74) is 4.48. The van der Waals surface area contributed by atoms with Gasteiger partial charge in [-0.2, -0.15) is 0 Å². The third-order valence-corrected chi connectivity index (χ3v) is 3.88. The molecule has 0 saturated heterocycles. The van der Waals surface area contributed by atoms with E-state index >= 15 is 0 Å². The quantitative estimate of drug-likeness (QED) is 0.605. The fourth-order valence-corrected chi connectivity index (χ4v) is 2.40. The molecule has 0 saturated carbocycles. The molecule has 2 nitrogen and oxygen atoms in total. The highest BCUT2D eigenvalue weighted by Crippen LogP contribution is 2.16. The van der Waals surface area contributed by atoms with Gasteiger partial charge in [0, 0.05) is 0 Å². The molecule has 0 aliphatic rings. The van der Waals surface area contributed by atoms with Gasteiger partial charge in [0.2, 0.25) is 0 Å². The van der Waals surface area contributed by atoms with Crippen molar-refractivity contribution in [2.45, 2.75) is 0 Å². The molecule has 0 aliphatic carbocycles. The summed E-state index contributed by atoms with van der Waals surface area (Å²) in [6.07, 6.45) is 8.26. The summed E-state index contributed by atoms with van der Waals surface area (Å²) in [7, 11) is 1.67. The third kappa shape index (κ3) is 4.85. The number of methoxy groups -OCH3 is 1. The molecule has 2 heteroatoms. The van der Waals surface area contributed by atoms with Gasteiger partial charge in [0.05, 0.1) is 7.11 Å². The molecule has 0 fully saturated rings. The highest BCUT2D eigenvalue weighted by Gasteiger charge is 1.93. The first-order chi connectivity index (χ1) is 12.2. The number of aromatic hydroxyl groups is 1. The van der Waals surface area contributed by atoms with E-state index in [1.807, 2.05) is 42.5 Å². The third-order valence-electron chi connectivity index (χ3n) is 3.88. The van der Waals surface area contributed by atoms with E-state index < -0.39 is 0 Å². The minimum Gasteiger partial charge on any atom is -0.508 e. The first kappa shape index (κ1) is 16.6. The van der Waals surface area contributed by atoms with E-state index in [-0.39, 0.29) is 5.75 Å². The van der Waals surface area contributed by atoms with E-state index in [0.29, 0.717) is 0 Å². The smallest absolute Gasteiger partial charge is 0.118 e. The average molecular weight is 328 g/mol. The van der Waals surface area contributed by atoms with Gasteiger partial charge < -0.3 is 9.84 Å². The average Bonchev–Trinajstić information content (AvgIpc) is 2.67. The van der Waals surface area contributed by atoms with Crippen LogP contribution in [0.2, 0.25) is 0 Å². The highest BCUT2D eigenvalue weighted by molar-refractivity contribution is 5.73. The molecule has 0 aliphatic heterocycles. The zero-order valence-corrected chi connectivity index (χ0v) is 14.1. The molecular formula is C23H20O2. The predicted octanol–water partition coefficient (Wildman–Crippen LogP) is 5.74. The lowest BCUT2D eigenvalue weighted by Crippen LogP contribution is -1.81. The van der Waals surface area contributed by atoms with Gasteiger partial charge in [-0.1, -0.05) is 72.8 Å². The van der Waals surface area contributed by atoms with Crippen molar-refractivity contribution in [3.63, 3.8) is 0 Å². The summed E-state index contributed by atoms with van der Waals surface area (Å²) in [5, 5.41) is 9.29. The second kappa shape index (κ2) is 8.02. The minimum atomic E-state index is 0.283. The Morgan fingerprint density at radius 2 is 0.880 bits per heavy atom. The Bertz CT molecular complexity index is 855. The number of phenols is 1. The van der Waals surface area contributed by atoms with Crippen LogP contribution in [0.15, 0.2) is 72.8 Å². The van der Waals surface area contributed by atoms with Crippen molar-refractivity contribution in [2.75, 3.05) is 7.11 Å². The molecular weight excluding hydrogens is 308 g/mol. The zero-order chi connectivity index (χ0) is 17.5. The van der Waals surface area contributed by atoms with Crippen molar-refractivity contribution in [3.8, 4) is 11.5 Å². The Morgan fingerprint density at radius 3 is 1.24 bits per heavy atom. The molecule has 124 valence electrons. The van der Waals surface area contributed by atoms with Crippen molar-refractivity contribution in [1.29, 1.82) is 0 Å². The van der Waals surface area contributed by atoms with Crippen LogP contribution in [0.25, 0.3) is 24.3 Å². The lowest BCUT2D eigenvalue weighted by atomic mass is 10.1. The topological polar surface area (TPSA) is 29.5 Å². The van der Waals surface area contributed by atoms with Crippen LogP contribution in [-0.4, -0.2) is 12.2 Å². The molecule has 3 aromatic carbocycles. The summed E-state index contributed by atoms with van der Waals surface area (Å²) in [4.78, 5) is 0. The van der Waals surface area contributed by atoms with Crippen molar-refractivity contribution in [2.24, 2.45) is 0 Å². The highest BCUT2D eigenvalue weighted by atomic mass is 16.5. The van der Waals surface area contributed by atoms with Gasteiger partial charge in [0.25, 0.3) is 0 Å². The number of phenolic OH excluding ortho intramolecular Hbond substituents is 1. The Kier molecular flexibility index (Phi) is 5.32. The fraction of sp³-hybridized carbons (Fsp3) is 0.0435. The normalized spacial score (nSPS) is 11.2. The second-order valence-corrected chi connectivity index (χ2v) is 5.70. The van der Waals surface area contributed by atoms with E-state index in [1.54, 1.807) is 19.2 Å². The Hall–Kier alpha value is -3.26. The van der Waals surface area contributed by atoms with E-state index in [0.717, 1.165) is 28.0 Å². The zero-order valence-electron chi connectivity index (χ0n) is 14.1. The van der Waals surface area contributed by atoms with E-state index in [1.165, 1.54) is 0 Å². The summed E-state index contributed by atoms with van der Waals surface area (Å²) >= 11 is 0. The number of rotatable bonds is 5.